The Morgan fingerprint density at radius 1 is 1.31 bits per heavy atom. The van der Waals surface area contributed by atoms with E-state index in [0.29, 0.717) is 0 Å². The lowest BCUT2D eigenvalue weighted by molar-refractivity contribution is 0.0881. The first-order valence-electron chi connectivity index (χ1n) is 4.70. The van der Waals surface area contributed by atoms with Gasteiger partial charge in [-0.2, -0.15) is 11.8 Å². The lowest BCUT2D eigenvalue weighted by atomic mass is 9.98. The summed E-state index contributed by atoms with van der Waals surface area (Å²) in [6, 6.07) is 0. The van der Waals surface area contributed by atoms with E-state index in [1.165, 1.54) is 0 Å². The van der Waals surface area contributed by atoms with Crippen molar-refractivity contribution < 1.29 is 10.2 Å². The van der Waals surface area contributed by atoms with Crippen molar-refractivity contribution in [3.8, 4) is 0 Å². The van der Waals surface area contributed by atoms with E-state index in [1.807, 2.05) is 18.7 Å². The number of hydrogen-bond donors (Lipinski definition) is 3. The van der Waals surface area contributed by atoms with E-state index in [-0.39, 0.29) is 13.2 Å². The smallest absolute Gasteiger partial charge is 0.0645 e. The molecule has 4 heteroatoms. The van der Waals surface area contributed by atoms with Crippen molar-refractivity contribution in [2.75, 3.05) is 31.8 Å². The fourth-order valence-corrected chi connectivity index (χ4v) is 1.51. The van der Waals surface area contributed by atoms with Crippen LogP contribution in [0.25, 0.3) is 0 Å². The summed E-state index contributed by atoms with van der Waals surface area (Å²) in [7, 11) is 0. The fraction of sp³-hybridized carbons (Fsp3) is 1.00. The number of aliphatic hydroxyl groups excluding tert-OH is 2. The molecule has 0 bridgehead atoms. The van der Waals surface area contributed by atoms with Crippen molar-refractivity contribution in [1.29, 1.82) is 0 Å². The van der Waals surface area contributed by atoms with E-state index in [2.05, 4.69) is 11.6 Å². The number of hydrogen-bond acceptors (Lipinski definition) is 4. The van der Waals surface area contributed by atoms with Crippen LogP contribution in [0.3, 0.4) is 0 Å². The summed E-state index contributed by atoms with van der Waals surface area (Å²) >= 11 is 1.81. The Kier molecular flexibility index (Phi) is 7.75. The summed E-state index contributed by atoms with van der Waals surface area (Å²) in [5.41, 5.74) is -0.474. The average Bonchev–Trinajstić information content (AvgIpc) is 2.20. The molecule has 0 aromatic rings. The van der Waals surface area contributed by atoms with Crippen LogP contribution < -0.4 is 5.32 Å². The molecule has 0 atom stereocenters. The van der Waals surface area contributed by atoms with Crippen molar-refractivity contribution in [3.05, 3.63) is 0 Å². The zero-order valence-electron chi connectivity index (χ0n) is 8.55. The molecular weight excluding hydrogens is 186 g/mol. The first-order chi connectivity index (χ1) is 6.24. The predicted octanol–water partition coefficient (Wildman–Crippen LogP) is 0.462. The maximum absolute atomic E-state index is 9.11. The largest absolute Gasteiger partial charge is 0.394 e. The summed E-state index contributed by atoms with van der Waals surface area (Å²) in [6.45, 7) is 2.82. The normalized spacial score (nSPS) is 12.0. The molecule has 0 spiro atoms. The molecule has 3 nitrogen and oxygen atoms in total. The standard InChI is InChI=1S/C9H21NO2S/c1-3-9(7-11,8-12)10-5-4-6-13-2/h10-12H,3-8H2,1-2H3. The molecule has 0 aromatic carbocycles. The zero-order chi connectivity index (χ0) is 10.2. The molecule has 0 aliphatic heterocycles. The number of rotatable bonds is 8. The van der Waals surface area contributed by atoms with Crippen molar-refractivity contribution in [2.45, 2.75) is 25.3 Å². The lowest BCUT2D eigenvalue weighted by Gasteiger charge is -2.29. The van der Waals surface area contributed by atoms with Gasteiger partial charge in [-0.15, -0.1) is 0 Å². The number of aliphatic hydroxyl groups is 2. The highest BCUT2D eigenvalue weighted by molar-refractivity contribution is 7.98. The van der Waals surface area contributed by atoms with Gasteiger partial charge in [0.15, 0.2) is 0 Å². The summed E-state index contributed by atoms with van der Waals surface area (Å²) in [5, 5.41) is 21.4. The third kappa shape index (κ3) is 4.86. The second kappa shape index (κ2) is 7.62. The third-order valence-electron chi connectivity index (χ3n) is 2.31. The lowest BCUT2D eigenvalue weighted by Crippen LogP contribution is -2.51. The van der Waals surface area contributed by atoms with Crippen molar-refractivity contribution in [3.63, 3.8) is 0 Å². The molecule has 0 aliphatic rings. The van der Waals surface area contributed by atoms with E-state index in [1.54, 1.807) is 0 Å². The molecule has 0 aliphatic carbocycles. The first kappa shape index (κ1) is 13.2. The van der Waals surface area contributed by atoms with Gasteiger partial charge in [0, 0.05) is 0 Å². The molecule has 3 N–H and O–H groups in total. The Balaban J connectivity index is 3.68. The van der Waals surface area contributed by atoms with Gasteiger partial charge in [0.1, 0.15) is 0 Å². The minimum absolute atomic E-state index is 0.000726. The molecule has 0 rings (SSSR count). The Morgan fingerprint density at radius 3 is 2.31 bits per heavy atom. The van der Waals surface area contributed by atoms with Crippen molar-refractivity contribution >= 4 is 11.8 Å². The summed E-state index contributed by atoms with van der Waals surface area (Å²) in [6.07, 6.45) is 3.90. The predicted molar refractivity (Wildman–Crippen MR) is 58.2 cm³/mol. The Hall–Kier alpha value is 0.230. The zero-order valence-corrected chi connectivity index (χ0v) is 9.36. The molecule has 80 valence electrons. The van der Waals surface area contributed by atoms with Crippen LogP contribution in [0.2, 0.25) is 0 Å². The quantitative estimate of drug-likeness (QED) is 0.506. The Bertz CT molecular complexity index is 110. The van der Waals surface area contributed by atoms with Gasteiger partial charge in [-0.05, 0) is 31.4 Å². The van der Waals surface area contributed by atoms with E-state index in [4.69, 9.17) is 10.2 Å². The van der Waals surface area contributed by atoms with Crippen LogP contribution >= 0.6 is 11.8 Å². The SMILES string of the molecule is CCC(CO)(CO)NCCCSC. The maximum Gasteiger partial charge on any atom is 0.0645 e. The van der Waals surface area contributed by atoms with Crippen LogP contribution in [0.5, 0.6) is 0 Å². The Morgan fingerprint density at radius 2 is 1.92 bits per heavy atom. The van der Waals surface area contributed by atoms with Crippen LogP contribution in [-0.4, -0.2) is 47.5 Å². The highest BCUT2D eigenvalue weighted by Gasteiger charge is 2.24. The van der Waals surface area contributed by atoms with Gasteiger partial charge in [0.05, 0.1) is 18.8 Å². The van der Waals surface area contributed by atoms with Gasteiger partial charge in [0.25, 0.3) is 0 Å². The van der Waals surface area contributed by atoms with E-state index in [0.717, 1.165) is 25.1 Å². The van der Waals surface area contributed by atoms with Crippen molar-refractivity contribution in [1.82, 2.24) is 5.32 Å². The first-order valence-corrected chi connectivity index (χ1v) is 6.09. The van der Waals surface area contributed by atoms with Gasteiger partial charge >= 0.3 is 0 Å². The molecule has 0 saturated heterocycles. The Labute approximate surface area is 84.9 Å². The molecule has 0 heterocycles. The second-order valence-electron chi connectivity index (χ2n) is 3.22. The minimum Gasteiger partial charge on any atom is -0.394 e. The van der Waals surface area contributed by atoms with Crippen molar-refractivity contribution in [2.24, 2.45) is 0 Å². The van der Waals surface area contributed by atoms with Crippen LogP contribution in [0, 0.1) is 0 Å². The fourth-order valence-electron chi connectivity index (χ4n) is 1.08. The van der Waals surface area contributed by atoms with Gasteiger partial charge in [-0.3, -0.25) is 0 Å². The second-order valence-corrected chi connectivity index (χ2v) is 4.21. The third-order valence-corrected chi connectivity index (χ3v) is 3.00. The molecule has 0 aromatic heterocycles. The maximum atomic E-state index is 9.11. The van der Waals surface area contributed by atoms with Gasteiger partial charge < -0.3 is 15.5 Å². The molecule has 13 heavy (non-hydrogen) atoms. The highest BCUT2D eigenvalue weighted by Crippen LogP contribution is 2.08. The van der Waals surface area contributed by atoms with E-state index >= 15 is 0 Å². The summed E-state index contributed by atoms with van der Waals surface area (Å²) in [4.78, 5) is 0. The van der Waals surface area contributed by atoms with Gasteiger partial charge in [-0.1, -0.05) is 6.92 Å². The minimum atomic E-state index is -0.474. The van der Waals surface area contributed by atoms with Gasteiger partial charge in [0.2, 0.25) is 0 Å². The molecule has 0 radical (unpaired) electrons. The van der Waals surface area contributed by atoms with Crippen LogP contribution in [0.4, 0.5) is 0 Å². The molecular formula is C9H21NO2S. The van der Waals surface area contributed by atoms with Crippen LogP contribution in [0.1, 0.15) is 19.8 Å². The molecule has 0 saturated carbocycles. The highest BCUT2D eigenvalue weighted by atomic mass is 32.2. The van der Waals surface area contributed by atoms with E-state index in [9.17, 15) is 0 Å². The monoisotopic (exact) mass is 207 g/mol. The molecule has 0 unspecified atom stereocenters. The topological polar surface area (TPSA) is 52.5 Å². The summed E-state index contributed by atoms with van der Waals surface area (Å²) < 4.78 is 0. The van der Waals surface area contributed by atoms with Crippen LogP contribution in [0.15, 0.2) is 0 Å². The average molecular weight is 207 g/mol. The number of thioether (sulfide) groups is 1. The van der Waals surface area contributed by atoms with E-state index < -0.39 is 5.54 Å². The van der Waals surface area contributed by atoms with Crippen LogP contribution in [-0.2, 0) is 0 Å². The number of nitrogens with one attached hydrogen (secondary N) is 1. The molecule has 0 fully saturated rings. The summed E-state index contributed by atoms with van der Waals surface area (Å²) in [5.74, 6) is 1.11. The molecule has 0 amide bonds. The van der Waals surface area contributed by atoms with Gasteiger partial charge in [-0.25, -0.2) is 0 Å².